The van der Waals surface area contributed by atoms with Crippen molar-refractivity contribution in [3.8, 4) is 0 Å². The molecule has 1 aliphatic heterocycles. The van der Waals surface area contributed by atoms with Gasteiger partial charge in [0.25, 0.3) is 0 Å². The van der Waals surface area contributed by atoms with Crippen LogP contribution in [-0.2, 0) is 11.7 Å². The summed E-state index contributed by atoms with van der Waals surface area (Å²) in [5.74, 6) is 0.240. The predicted molar refractivity (Wildman–Crippen MR) is 103 cm³/mol. The van der Waals surface area contributed by atoms with Gasteiger partial charge in [-0.2, -0.15) is 4.98 Å². The third kappa shape index (κ3) is 3.06. The first kappa shape index (κ1) is 13.9. The zero-order valence-corrected chi connectivity index (χ0v) is 14.8. The molecule has 8 nitrogen and oxygen atoms in total. The molecule has 0 amide bonds. The highest BCUT2D eigenvalue weighted by molar-refractivity contribution is 5.73. The lowest BCUT2D eigenvalue weighted by atomic mass is 10.1. The molecule has 1 aliphatic rings. The summed E-state index contributed by atoms with van der Waals surface area (Å²) in [6.45, 7) is 7.32. The number of imidazole rings is 1. The van der Waals surface area contributed by atoms with Crippen molar-refractivity contribution in [2.45, 2.75) is 25.8 Å². The monoisotopic (exact) mass is 367 g/mol. The van der Waals surface area contributed by atoms with E-state index in [1.54, 1.807) is 18.2 Å². The minimum absolute atomic E-state index is 0.164. The fraction of sp³-hybridized carbons (Fsp3) is 0.368. The van der Waals surface area contributed by atoms with Crippen LogP contribution in [0, 0.1) is 13.5 Å². The number of nitrogens with zero attached hydrogens (tertiary/aromatic N) is 5. The zero-order valence-electron chi connectivity index (χ0n) is 17.8. The van der Waals surface area contributed by atoms with Gasteiger partial charge in [-0.3, -0.25) is 9.13 Å². The fourth-order valence-corrected chi connectivity index (χ4v) is 3.31. The summed E-state index contributed by atoms with van der Waals surface area (Å²) in [5, 5.41) is 3.10. The predicted octanol–water partition coefficient (Wildman–Crippen LogP) is 3.08. The van der Waals surface area contributed by atoms with Crippen LogP contribution in [0.2, 0.25) is 0 Å². The van der Waals surface area contributed by atoms with Crippen molar-refractivity contribution in [1.82, 2.24) is 19.1 Å². The summed E-state index contributed by atoms with van der Waals surface area (Å²) in [6.07, 6.45) is 2.56. The van der Waals surface area contributed by atoms with E-state index in [9.17, 15) is 4.79 Å². The van der Waals surface area contributed by atoms with E-state index < -0.39 is 12.7 Å². The van der Waals surface area contributed by atoms with Gasteiger partial charge >= 0.3 is 5.69 Å². The van der Waals surface area contributed by atoms with Crippen LogP contribution in [-0.4, -0.2) is 32.3 Å². The van der Waals surface area contributed by atoms with Gasteiger partial charge in [-0.25, -0.2) is 14.6 Å². The Morgan fingerprint density at radius 3 is 2.93 bits per heavy atom. The number of fused-ring (bicyclic) bond motifs is 1. The topological polar surface area (TPSA) is 78.3 Å². The molecule has 1 saturated heterocycles. The second kappa shape index (κ2) is 6.85. The van der Waals surface area contributed by atoms with Crippen LogP contribution in [0.5, 0.6) is 0 Å². The summed E-state index contributed by atoms with van der Waals surface area (Å²) >= 11 is 0. The maximum Gasteiger partial charge on any atom is 0.330 e. The second-order valence-electron chi connectivity index (χ2n) is 6.47. The Balaban J connectivity index is 1.83. The van der Waals surface area contributed by atoms with Crippen molar-refractivity contribution < 1.29 is 8.85 Å². The first-order chi connectivity index (χ1) is 14.3. The van der Waals surface area contributed by atoms with Gasteiger partial charge in [-0.1, -0.05) is 12.1 Å². The molecule has 1 fully saturated rings. The van der Waals surface area contributed by atoms with E-state index >= 15 is 0 Å². The molecule has 3 aromatic rings. The SMILES string of the molecule is [2H]C([2H])([2H])n1c(=O)n(C2CCOCC2)c2nc(Nc3ccc([N+]#[C-])cc3C)ncc21. The lowest BCUT2D eigenvalue weighted by molar-refractivity contribution is 0.0695. The van der Waals surface area contributed by atoms with Gasteiger partial charge in [0.15, 0.2) is 11.3 Å². The molecule has 1 N–H and O–H groups in total. The summed E-state index contributed by atoms with van der Waals surface area (Å²) < 4.78 is 31.0. The van der Waals surface area contributed by atoms with Crippen LogP contribution in [0.1, 0.15) is 28.6 Å². The minimum Gasteiger partial charge on any atom is -0.381 e. The second-order valence-corrected chi connectivity index (χ2v) is 6.47. The maximum absolute atomic E-state index is 13.0. The molecular formula is C19H20N6O2. The molecule has 0 saturated carbocycles. The van der Waals surface area contributed by atoms with Crippen molar-refractivity contribution in [2.24, 2.45) is 6.98 Å². The number of aryl methyl sites for hydroxylation is 2. The number of ether oxygens (including phenoxy) is 1. The molecule has 0 spiro atoms. The van der Waals surface area contributed by atoms with Crippen molar-refractivity contribution in [3.05, 3.63) is 51.9 Å². The number of hydrogen-bond acceptors (Lipinski definition) is 5. The van der Waals surface area contributed by atoms with Crippen LogP contribution in [0.3, 0.4) is 0 Å². The standard InChI is InChI=1S/C19H20N6O2/c1-12-10-13(20-2)4-5-15(12)22-18-21-11-16-17(23-18)25(19(26)24(16)3)14-6-8-27-9-7-14/h4-5,10-11,14H,6-9H2,1,3H3,(H,21,22,23)/i3D3. The minimum atomic E-state index is -2.64. The Kier molecular flexibility index (Phi) is 3.54. The molecule has 0 aliphatic carbocycles. The van der Waals surface area contributed by atoms with Crippen molar-refractivity contribution in [3.63, 3.8) is 0 Å². The molecule has 4 rings (SSSR count). The Morgan fingerprint density at radius 1 is 1.41 bits per heavy atom. The maximum atomic E-state index is 13.0. The van der Waals surface area contributed by atoms with E-state index in [1.165, 1.54) is 10.8 Å². The van der Waals surface area contributed by atoms with E-state index in [0.717, 1.165) is 15.8 Å². The molecule has 0 atom stereocenters. The number of hydrogen-bond donors (Lipinski definition) is 1. The number of nitrogens with one attached hydrogen (secondary N) is 1. The third-order valence-electron chi connectivity index (χ3n) is 4.76. The molecular weight excluding hydrogens is 344 g/mol. The van der Waals surface area contributed by atoms with Gasteiger partial charge in [-0.05, 0) is 31.4 Å². The molecule has 0 bridgehead atoms. The zero-order chi connectivity index (χ0) is 21.5. The van der Waals surface area contributed by atoms with Crippen LogP contribution in [0.25, 0.3) is 16.0 Å². The average molecular weight is 367 g/mol. The highest BCUT2D eigenvalue weighted by Crippen LogP contribution is 2.26. The lowest BCUT2D eigenvalue weighted by Crippen LogP contribution is -2.30. The van der Waals surface area contributed by atoms with Crippen molar-refractivity contribution >= 4 is 28.5 Å². The molecule has 0 radical (unpaired) electrons. The summed E-state index contributed by atoms with van der Waals surface area (Å²) in [4.78, 5) is 25.2. The first-order valence-corrected chi connectivity index (χ1v) is 8.63. The van der Waals surface area contributed by atoms with E-state index in [-0.39, 0.29) is 23.2 Å². The molecule has 27 heavy (non-hydrogen) atoms. The van der Waals surface area contributed by atoms with Gasteiger partial charge in [0, 0.05) is 36.0 Å². The van der Waals surface area contributed by atoms with E-state index in [4.69, 9.17) is 15.4 Å². The Labute approximate surface area is 160 Å². The number of rotatable bonds is 3. The molecule has 1 aromatic carbocycles. The third-order valence-corrected chi connectivity index (χ3v) is 4.76. The Hall–Kier alpha value is -3.18. The summed E-state index contributed by atoms with van der Waals surface area (Å²) in [7, 11) is 0. The number of benzene rings is 1. The smallest absolute Gasteiger partial charge is 0.330 e. The highest BCUT2D eigenvalue weighted by Gasteiger charge is 2.23. The Morgan fingerprint density at radius 2 is 2.22 bits per heavy atom. The van der Waals surface area contributed by atoms with Gasteiger partial charge in [0.1, 0.15) is 5.52 Å². The fourth-order valence-electron chi connectivity index (χ4n) is 3.31. The summed E-state index contributed by atoms with van der Waals surface area (Å²) in [6, 6.07) is 5.00. The summed E-state index contributed by atoms with van der Waals surface area (Å²) in [5.41, 5.74) is 1.90. The van der Waals surface area contributed by atoms with Gasteiger partial charge in [-0.15, -0.1) is 0 Å². The molecule has 3 heterocycles. The Bertz CT molecular complexity index is 1200. The van der Waals surface area contributed by atoms with Crippen molar-refractivity contribution in [2.75, 3.05) is 18.5 Å². The van der Waals surface area contributed by atoms with E-state index in [1.807, 2.05) is 6.92 Å². The first-order valence-electron chi connectivity index (χ1n) is 10.1. The van der Waals surface area contributed by atoms with Crippen LogP contribution < -0.4 is 11.0 Å². The largest absolute Gasteiger partial charge is 0.381 e. The van der Waals surface area contributed by atoms with Crippen LogP contribution >= 0.6 is 0 Å². The number of anilines is 2. The van der Waals surface area contributed by atoms with Crippen molar-refractivity contribution in [1.29, 1.82) is 0 Å². The van der Waals surface area contributed by atoms with Crippen LogP contribution in [0.15, 0.2) is 29.2 Å². The van der Waals surface area contributed by atoms with Gasteiger partial charge < -0.3 is 10.1 Å². The van der Waals surface area contributed by atoms with E-state index in [2.05, 4.69) is 20.1 Å². The van der Waals surface area contributed by atoms with Gasteiger partial charge in [0.2, 0.25) is 5.95 Å². The van der Waals surface area contributed by atoms with Crippen LogP contribution in [0.4, 0.5) is 17.3 Å². The highest BCUT2D eigenvalue weighted by atomic mass is 16.5. The number of aromatic nitrogens is 4. The molecule has 138 valence electrons. The molecule has 2 aromatic heterocycles. The molecule has 0 unspecified atom stereocenters. The van der Waals surface area contributed by atoms with Gasteiger partial charge in [0.05, 0.1) is 12.8 Å². The van der Waals surface area contributed by atoms with E-state index in [0.29, 0.717) is 31.7 Å². The lowest BCUT2D eigenvalue weighted by Gasteiger charge is -2.22. The molecule has 8 heteroatoms. The quantitative estimate of drug-likeness (QED) is 0.720. The average Bonchev–Trinajstić information content (AvgIpc) is 3.01. The normalized spacial score (nSPS) is 17.1.